The quantitative estimate of drug-likeness (QED) is 0.661. The van der Waals surface area contributed by atoms with Crippen molar-refractivity contribution < 1.29 is 4.43 Å². The number of pyridine rings is 1. The van der Waals surface area contributed by atoms with E-state index in [4.69, 9.17) is 10.2 Å². The third kappa shape index (κ3) is 3.60. The minimum Gasteiger partial charge on any atom is -0.416 e. The van der Waals surface area contributed by atoms with Crippen LogP contribution in [-0.2, 0) is 4.43 Å². The largest absolute Gasteiger partial charge is 0.416 e. The van der Waals surface area contributed by atoms with Gasteiger partial charge in [0.1, 0.15) is 11.9 Å². The van der Waals surface area contributed by atoms with Gasteiger partial charge >= 0.3 is 0 Å². The van der Waals surface area contributed by atoms with Crippen LogP contribution in [0.15, 0.2) is 12.3 Å². The van der Waals surface area contributed by atoms with Gasteiger partial charge in [0.25, 0.3) is 0 Å². The van der Waals surface area contributed by atoms with E-state index in [0.717, 1.165) is 18.2 Å². The Kier molecular flexibility index (Phi) is 5.88. The molecule has 0 saturated heterocycles. The summed E-state index contributed by atoms with van der Waals surface area (Å²) in [5.41, 5.74) is 7.25. The van der Waals surface area contributed by atoms with Crippen molar-refractivity contribution in [3.8, 4) is 6.07 Å². The fourth-order valence-corrected chi connectivity index (χ4v) is 7.72. The van der Waals surface area contributed by atoms with E-state index in [2.05, 4.69) is 37.1 Å². The zero-order chi connectivity index (χ0) is 18.7. The summed E-state index contributed by atoms with van der Waals surface area (Å²) in [7, 11) is -1.57. The molecule has 4 atom stereocenters. The average molecular weight is 373 g/mol. The monoisotopic (exact) mass is 372 g/mol. The van der Waals surface area contributed by atoms with Crippen LogP contribution in [0.3, 0.4) is 0 Å². The molecule has 26 heavy (non-hydrogen) atoms. The maximum absolute atomic E-state index is 9.40. The van der Waals surface area contributed by atoms with Crippen LogP contribution in [0.2, 0.25) is 18.1 Å². The summed E-state index contributed by atoms with van der Waals surface area (Å²) >= 11 is 0. The first-order chi connectivity index (χ1) is 12.6. The maximum atomic E-state index is 9.40. The summed E-state index contributed by atoms with van der Waals surface area (Å²) in [5, 5.41) is 13.1. The van der Waals surface area contributed by atoms with Crippen molar-refractivity contribution in [1.82, 2.24) is 4.98 Å². The molecule has 6 heteroatoms. The molecule has 1 heterocycles. The van der Waals surface area contributed by atoms with Gasteiger partial charge in [-0.3, -0.25) is 0 Å². The molecule has 142 valence electrons. The molecule has 3 N–H and O–H groups in total. The summed E-state index contributed by atoms with van der Waals surface area (Å²) < 4.78 is 6.66. The summed E-state index contributed by atoms with van der Waals surface area (Å²) in [4.78, 5) is 4.05. The van der Waals surface area contributed by atoms with Gasteiger partial charge in [0.2, 0.25) is 0 Å². The molecule has 0 radical (unpaired) electrons. The summed E-state index contributed by atoms with van der Waals surface area (Å²) in [6.45, 7) is 7.72. The Morgan fingerprint density at radius 3 is 2.62 bits per heavy atom. The van der Waals surface area contributed by atoms with E-state index in [9.17, 15) is 5.26 Å². The van der Waals surface area contributed by atoms with Crippen LogP contribution in [0.25, 0.3) is 0 Å². The number of nitriles is 1. The second-order valence-corrected chi connectivity index (χ2v) is 12.8. The summed E-state index contributed by atoms with van der Waals surface area (Å²) in [6, 6.07) is 7.99. The van der Waals surface area contributed by atoms with Gasteiger partial charge < -0.3 is 15.5 Å². The Morgan fingerprint density at radius 1 is 1.27 bits per heavy atom. The second kappa shape index (κ2) is 7.97. The van der Waals surface area contributed by atoms with Gasteiger partial charge in [-0.15, -0.1) is 0 Å². The molecular weight excluding hydrogens is 340 g/mol. The Hall–Kier alpha value is -1.58. The molecule has 2 fully saturated rings. The Balaban J connectivity index is 1.76. The lowest BCUT2D eigenvalue weighted by atomic mass is 9.85. The fraction of sp³-hybridized carbons (Fsp3) is 0.700. The van der Waals surface area contributed by atoms with Gasteiger partial charge in [-0.25, -0.2) is 4.98 Å². The topological polar surface area (TPSA) is 84.0 Å². The van der Waals surface area contributed by atoms with Gasteiger partial charge in [0.05, 0.1) is 11.3 Å². The minimum absolute atomic E-state index is 0.375. The van der Waals surface area contributed by atoms with E-state index < -0.39 is 8.32 Å². The first kappa shape index (κ1) is 19.2. The zero-order valence-corrected chi connectivity index (χ0v) is 17.3. The lowest BCUT2D eigenvalue weighted by Gasteiger charge is -2.36. The molecule has 5 nitrogen and oxygen atoms in total. The van der Waals surface area contributed by atoms with Crippen LogP contribution in [0, 0.1) is 29.1 Å². The van der Waals surface area contributed by atoms with E-state index >= 15 is 0 Å². The van der Waals surface area contributed by atoms with Gasteiger partial charge in [-0.2, -0.15) is 5.26 Å². The van der Waals surface area contributed by atoms with Crippen molar-refractivity contribution in [2.45, 2.75) is 64.2 Å². The van der Waals surface area contributed by atoms with Crippen LogP contribution in [-0.4, -0.2) is 26.0 Å². The minimum atomic E-state index is -1.57. The molecule has 0 spiro atoms. The highest BCUT2D eigenvalue weighted by Gasteiger charge is 2.48. The van der Waals surface area contributed by atoms with Crippen molar-refractivity contribution in [1.29, 1.82) is 5.26 Å². The van der Waals surface area contributed by atoms with Crippen molar-refractivity contribution in [3.63, 3.8) is 0 Å². The predicted octanol–water partition coefficient (Wildman–Crippen LogP) is 4.38. The van der Waals surface area contributed by atoms with E-state index in [-0.39, 0.29) is 0 Å². The molecule has 2 aliphatic carbocycles. The van der Waals surface area contributed by atoms with Crippen LogP contribution >= 0.6 is 0 Å². The highest BCUT2D eigenvalue weighted by molar-refractivity contribution is 6.73. The molecule has 2 saturated carbocycles. The number of aromatic nitrogens is 1. The van der Waals surface area contributed by atoms with Gasteiger partial charge in [-0.1, -0.05) is 20.8 Å². The maximum Gasteiger partial charge on any atom is 0.191 e. The molecule has 0 aliphatic heterocycles. The van der Waals surface area contributed by atoms with Gasteiger partial charge in [-0.05, 0) is 49.2 Å². The van der Waals surface area contributed by atoms with Crippen molar-refractivity contribution in [2.24, 2.45) is 17.8 Å². The third-order valence-corrected chi connectivity index (χ3v) is 11.6. The number of nitrogen functional groups attached to an aromatic ring is 1. The van der Waals surface area contributed by atoms with Crippen LogP contribution in [0.1, 0.15) is 45.6 Å². The number of hydrogen-bond acceptors (Lipinski definition) is 5. The Morgan fingerprint density at radius 2 is 1.96 bits per heavy atom. The number of rotatable bonds is 8. The van der Waals surface area contributed by atoms with Crippen molar-refractivity contribution >= 4 is 19.8 Å². The van der Waals surface area contributed by atoms with Crippen molar-refractivity contribution in [2.75, 3.05) is 17.7 Å². The molecule has 0 aromatic carbocycles. The molecule has 0 unspecified atom stereocenters. The third-order valence-electron chi connectivity index (χ3n) is 6.97. The smallest absolute Gasteiger partial charge is 0.191 e. The molecular formula is C20H32N4OSi. The van der Waals surface area contributed by atoms with Gasteiger partial charge in [0, 0.05) is 30.8 Å². The van der Waals surface area contributed by atoms with E-state index in [1.54, 1.807) is 12.3 Å². The molecule has 0 amide bonds. The highest BCUT2D eigenvalue weighted by atomic mass is 28.4. The number of nitrogens with zero attached hydrogens (tertiary/aromatic N) is 2. The summed E-state index contributed by atoms with van der Waals surface area (Å²) in [5.74, 6) is 2.41. The van der Waals surface area contributed by atoms with Gasteiger partial charge in [0.15, 0.2) is 8.32 Å². The standard InChI is InChI=1S/C20H32N4OSi/c1-4-26(5-2,6-3)25-13-17-14-7-8-15(9-14)20(17)24-18-10-19(22)23-12-16(18)11-21/h10,12,14-15,17,20H,4-9,13H2,1-3H3,(H3,22,23,24)/t14-,15+,17+,20-/m1/s1. The molecule has 2 bridgehead atoms. The fourth-order valence-electron chi connectivity index (χ4n) is 5.06. The Bertz CT molecular complexity index is 662. The number of nitrogens with two attached hydrogens (primary N) is 1. The molecule has 1 aromatic rings. The summed E-state index contributed by atoms with van der Waals surface area (Å²) in [6.07, 6.45) is 5.45. The lowest BCUT2D eigenvalue weighted by Crippen LogP contribution is -2.43. The van der Waals surface area contributed by atoms with Crippen LogP contribution < -0.4 is 11.1 Å². The second-order valence-electron chi connectivity index (χ2n) is 7.99. The highest BCUT2D eigenvalue weighted by Crippen LogP contribution is 2.50. The average Bonchev–Trinajstić information content (AvgIpc) is 3.26. The first-order valence-electron chi connectivity index (χ1n) is 10.1. The van der Waals surface area contributed by atoms with Crippen LogP contribution in [0.4, 0.5) is 11.5 Å². The lowest BCUT2D eigenvalue weighted by molar-refractivity contribution is 0.174. The van der Waals surface area contributed by atoms with E-state index in [1.807, 2.05) is 0 Å². The normalized spacial score (nSPS) is 27.5. The Labute approximate surface area is 158 Å². The van der Waals surface area contributed by atoms with Crippen LogP contribution in [0.5, 0.6) is 0 Å². The van der Waals surface area contributed by atoms with E-state index in [0.29, 0.717) is 29.3 Å². The van der Waals surface area contributed by atoms with E-state index in [1.165, 1.54) is 37.4 Å². The molecule has 2 aliphatic rings. The number of hydrogen-bond donors (Lipinski definition) is 2. The molecule has 3 rings (SSSR count). The number of nitrogens with one attached hydrogen (secondary N) is 1. The SMILES string of the molecule is CC[Si](CC)(CC)OC[C@H]1[C@@H]2CC[C@@H](C2)[C@H]1Nc1cc(N)ncc1C#N. The molecule has 1 aromatic heterocycles. The first-order valence-corrected chi connectivity index (χ1v) is 12.6. The predicted molar refractivity (Wildman–Crippen MR) is 108 cm³/mol. The number of fused-ring (bicyclic) bond motifs is 2. The zero-order valence-electron chi connectivity index (χ0n) is 16.3. The van der Waals surface area contributed by atoms with Crippen molar-refractivity contribution in [3.05, 3.63) is 17.8 Å². The number of anilines is 2.